The van der Waals surface area contributed by atoms with Gasteiger partial charge in [-0.15, -0.1) is 0 Å². The van der Waals surface area contributed by atoms with E-state index in [4.69, 9.17) is 5.73 Å². The van der Waals surface area contributed by atoms with E-state index in [0.29, 0.717) is 13.0 Å². The lowest BCUT2D eigenvalue weighted by Gasteiger charge is -2.16. The molecule has 1 amide bonds. The first-order valence-corrected chi connectivity index (χ1v) is 7.81. The van der Waals surface area contributed by atoms with Crippen molar-refractivity contribution in [3.63, 3.8) is 0 Å². The fourth-order valence-corrected chi connectivity index (χ4v) is 3.16. The van der Waals surface area contributed by atoms with Crippen LogP contribution in [-0.2, 0) is 17.8 Å². The number of rotatable bonds is 7. The molecule has 0 spiro atoms. The molecule has 0 aromatic heterocycles. The van der Waals surface area contributed by atoms with Crippen LogP contribution >= 0.6 is 0 Å². The number of nitrogens with one attached hydrogen (secondary N) is 1. The molecule has 108 valence electrons. The third-order valence-electron chi connectivity index (χ3n) is 4.68. The van der Waals surface area contributed by atoms with Gasteiger partial charge in [0.1, 0.15) is 0 Å². The number of amides is 1. The van der Waals surface area contributed by atoms with Crippen molar-refractivity contribution in [3.05, 3.63) is 35.4 Å². The van der Waals surface area contributed by atoms with E-state index in [0.717, 1.165) is 35.4 Å². The van der Waals surface area contributed by atoms with Gasteiger partial charge < -0.3 is 11.1 Å². The minimum Gasteiger partial charge on any atom is -0.356 e. The van der Waals surface area contributed by atoms with Crippen molar-refractivity contribution >= 4 is 5.91 Å². The van der Waals surface area contributed by atoms with E-state index in [9.17, 15) is 4.79 Å². The van der Waals surface area contributed by atoms with E-state index in [1.165, 1.54) is 25.7 Å². The highest BCUT2D eigenvalue weighted by Gasteiger charge is 2.41. The summed E-state index contributed by atoms with van der Waals surface area (Å²) in [4.78, 5) is 12.1. The van der Waals surface area contributed by atoms with Gasteiger partial charge in [-0.25, -0.2) is 0 Å². The molecule has 0 radical (unpaired) electrons. The summed E-state index contributed by atoms with van der Waals surface area (Å²) >= 11 is 0. The predicted octanol–water partition coefficient (Wildman–Crippen LogP) is 2.24. The lowest BCUT2D eigenvalue weighted by atomic mass is 9.97. The van der Waals surface area contributed by atoms with Crippen molar-refractivity contribution in [2.24, 2.45) is 23.5 Å². The molecule has 0 unspecified atom stereocenters. The Kier molecular flexibility index (Phi) is 4.06. The van der Waals surface area contributed by atoms with Crippen LogP contribution in [0.2, 0.25) is 0 Å². The summed E-state index contributed by atoms with van der Waals surface area (Å²) in [5.74, 6) is 2.65. The average molecular weight is 272 g/mol. The molecular formula is C17H24N2O. The molecule has 0 aliphatic heterocycles. The normalized spacial score (nSPS) is 18.3. The summed E-state index contributed by atoms with van der Waals surface area (Å²) in [6.07, 6.45) is 5.93. The van der Waals surface area contributed by atoms with Crippen molar-refractivity contribution in [2.45, 2.75) is 38.6 Å². The zero-order chi connectivity index (χ0) is 13.9. The monoisotopic (exact) mass is 272 g/mol. The second kappa shape index (κ2) is 5.96. The summed E-state index contributed by atoms with van der Waals surface area (Å²) in [6, 6.07) is 7.94. The summed E-state index contributed by atoms with van der Waals surface area (Å²) in [6.45, 7) is 1.37. The number of nitrogens with two attached hydrogens (primary N) is 1. The van der Waals surface area contributed by atoms with Crippen LogP contribution < -0.4 is 11.1 Å². The molecule has 20 heavy (non-hydrogen) atoms. The maximum absolute atomic E-state index is 12.1. The van der Waals surface area contributed by atoms with E-state index in [-0.39, 0.29) is 5.91 Å². The van der Waals surface area contributed by atoms with Crippen molar-refractivity contribution in [1.29, 1.82) is 0 Å². The fraction of sp³-hybridized carbons (Fsp3) is 0.588. The molecular weight excluding hydrogens is 248 g/mol. The van der Waals surface area contributed by atoms with Crippen LogP contribution in [0.4, 0.5) is 0 Å². The Hall–Kier alpha value is -1.35. The summed E-state index contributed by atoms with van der Waals surface area (Å²) in [5, 5.41) is 3.15. The third kappa shape index (κ3) is 3.40. The molecule has 2 fully saturated rings. The van der Waals surface area contributed by atoms with Crippen LogP contribution in [0.1, 0.15) is 36.8 Å². The summed E-state index contributed by atoms with van der Waals surface area (Å²) in [7, 11) is 0. The average Bonchev–Trinajstić information content (AvgIpc) is 3.33. The molecule has 1 aromatic rings. The van der Waals surface area contributed by atoms with Crippen LogP contribution in [0.15, 0.2) is 24.3 Å². The first kappa shape index (κ1) is 13.6. The highest BCUT2D eigenvalue weighted by molar-refractivity contribution is 5.78. The Labute approximate surface area is 120 Å². The highest BCUT2D eigenvalue weighted by atomic mass is 16.1. The van der Waals surface area contributed by atoms with Gasteiger partial charge in [-0.3, -0.25) is 4.79 Å². The molecule has 0 saturated heterocycles. The highest BCUT2D eigenvalue weighted by Crippen LogP contribution is 2.48. The minimum absolute atomic E-state index is 0.136. The predicted molar refractivity (Wildman–Crippen MR) is 80.0 cm³/mol. The van der Waals surface area contributed by atoms with Crippen molar-refractivity contribution in [1.82, 2.24) is 5.32 Å². The van der Waals surface area contributed by atoms with Crippen LogP contribution in [0, 0.1) is 17.8 Å². The lowest BCUT2D eigenvalue weighted by molar-refractivity contribution is -0.120. The fourth-order valence-electron chi connectivity index (χ4n) is 3.16. The van der Waals surface area contributed by atoms with Gasteiger partial charge in [-0.1, -0.05) is 24.3 Å². The molecule has 0 atom stereocenters. The van der Waals surface area contributed by atoms with E-state index in [1.54, 1.807) is 0 Å². The molecule has 0 bridgehead atoms. The Morgan fingerprint density at radius 3 is 2.30 bits per heavy atom. The van der Waals surface area contributed by atoms with Gasteiger partial charge >= 0.3 is 0 Å². The molecule has 3 nitrogen and oxygen atoms in total. The zero-order valence-corrected chi connectivity index (χ0v) is 12.0. The zero-order valence-electron chi connectivity index (χ0n) is 12.0. The maximum Gasteiger partial charge on any atom is 0.224 e. The topological polar surface area (TPSA) is 55.1 Å². The Morgan fingerprint density at radius 1 is 1.15 bits per heavy atom. The summed E-state index contributed by atoms with van der Waals surface area (Å²) in [5.41, 5.74) is 7.84. The number of carbonyl (C=O) groups excluding carboxylic acids is 1. The van der Waals surface area contributed by atoms with Gasteiger partial charge in [0.05, 0.1) is 6.42 Å². The van der Waals surface area contributed by atoms with Crippen LogP contribution in [0.25, 0.3) is 0 Å². The van der Waals surface area contributed by atoms with E-state index in [1.807, 2.05) is 24.3 Å². The lowest BCUT2D eigenvalue weighted by Crippen LogP contribution is -2.32. The van der Waals surface area contributed by atoms with Gasteiger partial charge in [0.2, 0.25) is 5.91 Å². The molecule has 0 heterocycles. The molecule has 2 saturated carbocycles. The van der Waals surface area contributed by atoms with Crippen molar-refractivity contribution < 1.29 is 4.79 Å². The standard InChI is InChI=1S/C17H24N2O/c18-10-15-4-2-1-3-14(15)9-17(20)19-11-16(12-5-6-12)13-7-8-13/h1-4,12-13,16H,5-11,18H2,(H,19,20). The van der Waals surface area contributed by atoms with Crippen molar-refractivity contribution in [2.75, 3.05) is 6.54 Å². The van der Waals surface area contributed by atoms with Crippen LogP contribution in [0.5, 0.6) is 0 Å². The molecule has 3 heteroatoms. The second-order valence-electron chi connectivity index (χ2n) is 6.29. The SMILES string of the molecule is NCc1ccccc1CC(=O)NCC(C1CC1)C1CC1. The largest absolute Gasteiger partial charge is 0.356 e. The van der Waals surface area contributed by atoms with E-state index >= 15 is 0 Å². The van der Waals surface area contributed by atoms with Gasteiger partial charge in [-0.2, -0.15) is 0 Å². The summed E-state index contributed by atoms with van der Waals surface area (Å²) < 4.78 is 0. The van der Waals surface area contributed by atoms with Gasteiger partial charge in [0, 0.05) is 13.1 Å². The number of benzene rings is 1. The number of carbonyl (C=O) groups is 1. The molecule has 2 aliphatic rings. The molecule has 1 aromatic carbocycles. The molecule has 3 N–H and O–H groups in total. The van der Waals surface area contributed by atoms with Crippen LogP contribution in [0.3, 0.4) is 0 Å². The van der Waals surface area contributed by atoms with Gasteiger partial charge in [-0.05, 0) is 54.6 Å². The van der Waals surface area contributed by atoms with Crippen LogP contribution in [-0.4, -0.2) is 12.5 Å². The quantitative estimate of drug-likeness (QED) is 0.800. The maximum atomic E-state index is 12.1. The smallest absolute Gasteiger partial charge is 0.224 e. The van der Waals surface area contributed by atoms with E-state index < -0.39 is 0 Å². The first-order chi connectivity index (χ1) is 9.78. The van der Waals surface area contributed by atoms with Gasteiger partial charge in [0.25, 0.3) is 0 Å². The first-order valence-electron chi connectivity index (χ1n) is 7.81. The van der Waals surface area contributed by atoms with Gasteiger partial charge in [0.15, 0.2) is 0 Å². The van der Waals surface area contributed by atoms with Crippen molar-refractivity contribution in [3.8, 4) is 0 Å². The molecule has 2 aliphatic carbocycles. The minimum atomic E-state index is 0.136. The Morgan fingerprint density at radius 2 is 1.75 bits per heavy atom. The second-order valence-corrected chi connectivity index (χ2v) is 6.29. The molecule has 3 rings (SSSR count). The number of hydrogen-bond donors (Lipinski definition) is 2. The Bertz CT molecular complexity index is 466. The third-order valence-corrected chi connectivity index (χ3v) is 4.68. The van der Waals surface area contributed by atoms with E-state index in [2.05, 4.69) is 5.32 Å². The Balaban J connectivity index is 1.51. The number of hydrogen-bond acceptors (Lipinski definition) is 2.